The van der Waals surface area contributed by atoms with Crippen LogP contribution in [0.15, 0.2) is 11.5 Å². The largest absolute Gasteiger partial charge is 0.480 e. The fourth-order valence-electron chi connectivity index (χ4n) is 3.44. The molecule has 8 heteroatoms. The van der Waals surface area contributed by atoms with Gasteiger partial charge in [0.1, 0.15) is 6.61 Å². The van der Waals surface area contributed by atoms with Gasteiger partial charge in [-0.15, -0.1) is 0 Å². The van der Waals surface area contributed by atoms with Crippen LogP contribution in [-0.4, -0.2) is 59.8 Å². The van der Waals surface area contributed by atoms with Gasteiger partial charge in [0.25, 0.3) is 0 Å². The van der Waals surface area contributed by atoms with Gasteiger partial charge in [-0.05, 0) is 19.3 Å². The van der Waals surface area contributed by atoms with Gasteiger partial charge in [0.15, 0.2) is 0 Å². The number of likely N-dealkylation sites (tertiary alicyclic amines) is 1. The number of rotatable bonds is 4. The lowest BCUT2D eigenvalue weighted by atomic mass is 9.59. The van der Waals surface area contributed by atoms with Crippen LogP contribution in [0.25, 0.3) is 0 Å². The number of hydrogen-bond acceptors (Lipinski definition) is 5. The van der Waals surface area contributed by atoms with Gasteiger partial charge in [-0.1, -0.05) is 11.5 Å². The highest BCUT2D eigenvalue weighted by Crippen LogP contribution is 2.51. The molecule has 2 aliphatic heterocycles. The molecule has 21 heavy (non-hydrogen) atoms. The summed E-state index contributed by atoms with van der Waals surface area (Å²) in [4.78, 5) is 24.7. The molecule has 0 aromatic heterocycles. The number of nitrogens with one attached hydrogen (secondary N) is 1. The molecule has 0 aromatic carbocycles. The summed E-state index contributed by atoms with van der Waals surface area (Å²) in [5.74, 6) is 1.58. The first-order chi connectivity index (χ1) is 9.96. The Kier molecular flexibility index (Phi) is 3.67. The standard InChI is InChI=1S/C13H19BN2O5/c17-11(2-1-10-6-21-12(18)15-10)16-7-13(8-16)3-9(4-13)5-14(19)20/h5,10,19-20H,1-4,6-8H2,(H,15,18)/t10-/m1/s1. The number of ether oxygens (including phenoxy) is 1. The minimum absolute atomic E-state index is 0.0547. The molecule has 1 saturated carbocycles. The number of carbonyl (C=O) groups is 2. The first-order valence-corrected chi connectivity index (χ1v) is 7.23. The number of allylic oxidation sites excluding steroid dienone is 1. The molecule has 1 atom stereocenters. The normalized spacial score (nSPS) is 25.8. The lowest BCUT2D eigenvalue weighted by Crippen LogP contribution is -2.62. The van der Waals surface area contributed by atoms with Crippen LogP contribution in [0.5, 0.6) is 0 Å². The molecule has 1 spiro atoms. The maximum atomic E-state index is 12.0. The Morgan fingerprint density at radius 3 is 2.76 bits per heavy atom. The zero-order valence-corrected chi connectivity index (χ0v) is 11.7. The van der Waals surface area contributed by atoms with Gasteiger partial charge in [-0.2, -0.15) is 0 Å². The molecule has 114 valence electrons. The van der Waals surface area contributed by atoms with E-state index in [1.807, 2.05) is 4.90 Å². The maximum Gasteiger partial charge on any atom is 0.480 e. The molecule has 1 aliphatic carbocycles. The number of alkyl carbamates (subject to hydrolysis) is 1. The predicted octanol–water partition coefficient (Wildman–Crippen LogP) is -0.564. The van der Waals surface area contributed by atoms with Crippen LogP contribution in [0.1, 0.15) is 25.7 Å². The highest BCUT2D eigenvalue weighted by Gasteiger charge is 2.51. The fraction of sp³-hybridized carbons (Fsp3) is 0.692. The second-order valence-corrected chi connectivity index (χ2v) is 6.32. The Hall–Kier alpha value is -1.54. The molecule has 0 aromatic rings. The molecule has 3 aliphatic rings. The summed E-state index contributed by atoms with van der Waals surface area (Å²) in [5.41, 5.74) is 1.23. The molecule has 0 unspecified atom stereocenters. The van der Waals surface area contributed by atoms with E-state index in [0.29, 0.717) is 19.4 Å². The summed E-state index contributed by atoms with van der Waals surface area (Å²) >= 11 is 0. The topological polar surface area (TPSA) is 99.1 Å². The summed E-state index contributed by atoms with van der Waals surface area (Å²) in [6, 6.07) is -0.0547. The highest BCUT2D eigenvalue weighted by atomic mass is 16.6. The van der Waals surface area contributed by atoms with E-state index < -0.39 is 13.2 Å². The van der Waals surface area contributed by atoms with E-state index in [1.54, 1.807) is 0 Å². The van der Waals surface area contributed by atoms with Crippen molar-refractivity contribution in [2.24, 2.45) is 5.41 Å². The average Bonchev–Trinajstić information content (AvgIpc) is 2.73. The van der Waals surface area contributed by atoms with Crippen molar-refractivity contribution in [3.63, 3.8) is 0 Å². The number of cyclic esters (lactones) is 1. The van der Waals surface area contributed by atoms with Crippen LogP contribution >= 0.6 is 0 Å². The average molecular weight is 294 g/mol. The molecule has 2 heterocycles. The van der Waals surface area contributed by atoms with Gasteiger partial charge in [0.05, 0.1) is 6.04 Å². The molecule has 3 rings (SSSR count). The van der Waals surface area contributed by atoms with Gasteiger partial charge >= 0.3 is 13.2 Å². The van der Waals surface area contributed by atoms with Crippen molar-refractivity contribution in [3.8, 4) is 0 Å². The van der Waals surface area contributed by atoms with Gasteiger partial charge in [0.2, 0.25) is 5.91 Å². The van der Waals surface area contributed by atoms with Crippen LogP contribution in [0.3, 0.4) is 0 Å². The predicted molar refractivity (Wildman–Crippen MR) is 74.0 cm³/mol. The van der Waals surface area contributed by atoms with E-state index in [-0.39, 0.29) is 17.4 Å². The molecular formula is C13H19BN2O5. The van der Waals surface area contributed by atoms with Crippen molar-refractivity contribution < 1.29 is 24.4 Å². The molecule has 2 saturated heterocycles. The first kappa shape index (κ1) is 14.4. The number of nitrogens with zero attached hydrogens (tertiary/aromatic N) is 1. The molecule has 3 fully saturated rings. The lowest BCUT2D eigenvalue weighted by Gasteiger charge is -2.57. The van der Waals surface area contributed by atoms with E-state index >= 15 is 0 Å². The van der Waals surface area contributed by atoms with Crippen LogP contribution in [0.4, 0.5) is 4.79 Å². The zero-order chi connectivity index (χ0) is 15.0. The van der Waals surface area contributed by atoms with Crippen molar-refractivity contribution in [2.45, 2.75) is 31.7 Å². The van der Waals surface area contributed by atoms with Crippen molar-refractivity contribution in [2.75, 3.05) is 19.7 Å². The molecule has 0 radical (unpaired) electrons. The van der Waals surface area contributed by atoms with Crippen LogP contribution in [0, 0.1) is 5.41 Å². The zero-order valence-electron chi connectivity index (χ0n) is 11.7. The second kappa shape index (κ2) is 5.34. The van der Waals surface area contributed by atoms with Crippen LogP contribution < -0.4 is 5.32 Å². The smallest absolute Gasteiger partial charge is 0.447 e. The Balaban J connectivity index is 1.37. The van der Waals surface area contributed by atoms with E-state index in [1.165, 1.54) is 5.98 Å². The van der Waals surface area contributed by atoms with Crippen molar-refractivity contribution in [1.29, 1.82) is 0 Å². The first-order valence-electron chi connectivity index (χ1n) is 7.23. The summed E-state index contributed by atoms with van der Waals surface area (Å²) in [5, 5.41) is 20.4. The second-order valence-electron chi connectivity index (χ2n) is 6.32. The third kappa shape index (κ3) is 3.06. The van der Waals surface area contributed by atoms with Gasteiger partial charge in [0, 0.05) is 24.9 Å². The van der Waals surface area contributed by atoms with E-state index in [2.05, 4.69) is 5.32 Å². The third-order valence-electron chi connectivity index (χ3n) is 4.44. The van der Waals surface area contributed by atoms with Crippen LogP contribution in [-0.2, 0) is 9.53 Å². The fourth-order valence-corrected chi connectivity index (χ4v) is 3.44. The van der Waals surface area contributed by atoms with E-state index in [9.17, 15) is 9.59 Å². The van der Waals surface area contributed by atoms with Crippen molar-refractivity contribution >= 4 is 19.1 Å². The molecule has 0 bridgehead atoms. The third-order valence-corrected chi connectivity index (χ3v) is 4.44. The van der Waals surface area contributed by atoms with Gasteiger partial charge in [-0.3, -0.25) is 4.79 Å². The summed E-state index contributed by atoms with van der Waals surface area (Å²) in [6.45, 7) is 1.84. The lowest BCUT2D eigenvalue weighted by molar-refractivity contribution is -0.146. The Morgan fingerprint density at radius 1 is 1.48 bits per heavy atom. The summed E-state index contributed by atoms with van der Waals surface area (Å²) < 4.78 is 4.78. The number of carbonyl (C=O) groups excluding carboxylic acids is 2. The number of amides is 2. The number of hydrogen-bond donors (Lipinski definition) is 3. The van der Waals surface area contributed by atoms with E-state index in [0.717, 1.165) is 31.5 Å². The molecule has 2 amide bonds. The molecular weight excluding hydrogens is 275 g/mol. The summed E-state index contributed by atoms with van der Waals surface area (Å²) in [7, 11) is -1.38. The minimum atomic E-state index is -1.38. The SMILES string of the molecule is O=C1N[C@H](CCC(=O)N2CC3(CC(=CB(O)O)C3)C2)CO1. The molecule has 3 N–H and O–H groups in total. The molecule has 7 nitrogen and oxygen atoms in total. The summed E-state index contributed by atoms with van der Waals surface area (Å²) in [6.07, 6.45) is 2.32. The van der Waals surface area contributed by atoms with Gasteiger partial charge in [-0.25, -0.2) is 4.79 Å². The van der Waals surface area contributed by atoms with E-state index in [4.69, 9.17) is 14.8 Å². The van der Waals surface area contributed by atoms with Crippen molar-refractivity contribution in [3.05, 3.63) is 11.5 Å². The Bertz CT molecular complexity index is 477. The van der Waals surface area contributed by atoms with Crippen LogP contribution in [0.2, 0.25) is 0 Å². The monoisotopic (exact) mass is 294 g/mol. The van der Waals surface area contributed by atoms with Crippen molar-refractivity contribution in [1.82, 2.24) is 10.2 Å². The quantitative estimate of drug-likeness (QED) is 0.603. The Morgan fingerprint density at radius 2 is 2.19 bits per heavy atom. The minimum Gasteiger partial charge on any atom is -0.447 e. The Labute approximate surface area is 123 Å². The van der Waals surface area contributed by atoms with Gasteiger partial charge < -0.3 is 25.0 Å². The maximum absolute atomic E-state index is 12.0. The highest BCUT2D eigenvalue weighted by molar-refractivity contribution is 6.47.